The molecule has 2 unspecified atom stereocenters. The van der Waals surface area contributed by atoms with Crippen molar-refractivity contribution in [3.63, 3.8) is 0 Å². The van der Waals surface area contributed by atoms with E-state index in [0.29, 0.717) is 17.9 Å². The minimum Gasteiger partial charge on any atom is -0.508 e. The van der Waals surface area contributed by atoms with Gasteiger partial charge < -0.3 is 10.2 Å². The number of hydrogen-bond acceptors (Lipinski definition) is 2. The van der Waals surface area contributed by atoms with Gasteiger partial charge in [0.15, 0.2) is 0 Å². The van der Waals surface area contributed by atoms with E-state index in [9.17, 15) is 10.2 Å². The molecule has 0 saturated heterocycles. The van der Waals surface area contributed by atoms with Crippen LogP contribution in [0.4, 0.5) is 0 Å². The van der Waals surface area contributed by atoms with Crippen LogP contribution in [0.15, 0.2) is 23.8 Å². The fourth-order valence-electron chi connectivity index (χ4n) is 4.20. The number of aromatic hydroxyl groups is 2. The third kappa shape index (κ3) is 11.1. The topological polar surface area (TPSA) is 40.5 Å². The Balaban J connectivity index is 2.24. The smallest absolute Gasteiger partial charge is 0.119 e. The maximum Gasteiger partial charge on any atom is 0.119 e. The molecule has 0 fully saturated rings. The molecule has 0 spiro atoms. The van der Waals surface area contributed by atoms with Gasteiger partial charge in [-0.1, -0.05) is 91.2 Å². The van der Waals surface area contributed by atoms with Gasteiger partial charge in [0, 0.05) is 5.56 Å². The van der Waals surface area contributed by atoms with Crippen LogP contribution >= 0.6 is 0 Å². The minimum absolute atomic E-state index is 0.291. The van der Waals surface area contributed by atoms with Gasteiger partial charge in [0.1, 0.15) is 11.5 Å². The highest BCUT2D eigenvalue weighted by molar-refractivity contribution is 5.45. The average molecular weight is 417 g/mol. The zero-order chi connectivity index (χ0) is 22.5. The van der Waals surface area contributed by atoms with Crippen molar-refractivity contribution < 1.29 is 10.2 Å². The molecule has 2 heteroatoms. The summed E-state index contributed by atoms with van der Waals surface area (Å²) in [5.41, 5.74) is 2.98. The third-order valence-corrected chi connectivity index (χ3v) is 6.47. The van der Waals surface area contributed by atoms with E-state index in [4.69, 9.17) is 0 Å². The van der Waals surface area contributed by atoms with E-state index in [-0.39, 0.29) is 0 Å². The number of benzene rings is 1. The Morgan fingerprint density at radius 1 is 0.800 bits per heavy atom. The zero-order valence-corrected chi connectivity index (χ0v) is 20.6. The molecule has 0 aliphatic rings. The van der Waals surface area contributed by atoms with Crippen LogP contribution in [0.25, 0.3) is 0 Å². The van der Waals surface area contributed by atoms with E-state index in [2.05, 4.69) is 40.7 Å². The Labute approximate surface area is 186 Å². The monoisotopic (exact) mass is 416 g/mol. The molecule has 2 nitrogen and oxygen atoms in total. The molecular weight excluding hydrogens is 368 g/mol. The van der Waals surface area contributed by atoms with E-state index in [1.165, 1.54) is 56.9 Å². The van der Waals surface area contributed by atoms with Crippen molar-refractivity contribution in [1.82, 2.24) is 0 Å². The van der Waals surface area contributed by atoms with E-state index >= 15 is 0 Å². The molecule has 0 aromatic heterocycles. The number of hydrogen-bond donors (Lipinski definition) is 2. The molecule has 1 aromatic rings. The van der Waals surface area contributed by atoms with Gasteiger partial charge in [-0.05, 0) is 68.1 Å². The van der Waals surface area contributed by atoms with Crippen molar-refractivity contribution in [1.29, 1.82) is 0 Å². The molecule has 0 radical (unpaired) electrons. The van der Waals surface area contributed by atoms with Crippen molar-refractivity contribution in [3.05, 3.63) is 34.9 Å². The third-order valence-electron chi connectivity index (χ3n) is 6.47. The van der Waals surface area contributed by atoms with Gasteiger partial charge in [-0.25, -0.2) is 0 Å². The molecule has 0 aliphatic carbocycles. The predicted molar refractivity (Wildman–Crippen MR) is 131 cm³/mol. The molecular formula is C28H48O2. The SMILES string of the molecule is CCc1cc(O)c(CC=C(C)CCCC(C)CCCC(C)CCCC(C)C)cc1O. The summed E-state index contributed by atoms with van der Waals surface area (Å²) in [6.07, 6.45) is 15.5. The molecule has 2 atom stereocenters. The minimum atomic E-state index is 0.291. The van der Waals surface area contributed by atoms with Crippen molar-refractivity contribution in [2.45, 2.75) is 112 Å². The molecule has 2 N–H and O–H groups in total. The lowest BCUT2D eigenvalue weighted by Crippen LogP contribution is -2.00. The summed E-state index contributed by atoms with van der Waals surface area (Å²) in [5, 5.41) is 20.2. The highest BCUT2D eigenvalue weighted by Crippen LogP contribution is 2.28. The van der Waals surface area contributed by atoms with Crippen LogP contribution in [0.5, 0.6) is 11.5 Å². The highest BCUT2D eigenvalue weighted by Gasteiger charge is 2.08. The van der Waals surface area contributed by atoms with Gasteiger partial charge in [-0.15, -0.1) is 0 Å². The maximum atomic E-state index is 10.2. The summed E-state index contributed by atoms with van der Waals surface area (Å²) in [7, 11) is 0. The molecule has 172 valence electrons. The van der Waals surface area contributed by atoms with Crippen molar-refractivity contribution >= 4 is 0 Å². The summed E-state index contributed by atoms with van der Waals surface area (Å²) in [6.45, 7) is 13.6. The highest BCUT2D eigenvalue weighted by atomic mass is 16.3. The van der Waals surface area contributed by atoms with Crippen LogP contribution in [0.1, 0.15) is 110 Å². The summed E-state index contributed by atoms with van der Waals surface area (Å²) < 4.78 is 0. The second kappa shape index (κ2) is 14.5. The lowest BCUT2D eigenvalue weighted by atomic mass is 9.91. The molecule has 0 aliphatic heterocycles. The fraction of sp³-hybridized carbons (Fsp3) is 0.714. The first-order valence-electron chi connectivity index (χ1n) is 12.4. The van der Waals surface area contributed by atoms with Crippen molar-refractivity contribution in [2.75, 3.05) is 0 Å². The van der Waals surface area contributed by atoms with E-state index in [0.717, 1.165) is 41.7 Å². The number of aryl methyl sites for hydroxylation is 1. The molecule has 0 amide bonds. The van der Waals surface area contributed by atoms with Gasteiger partial charge in [-0.2, -0.15) is 0 Å². The number of rotatable bonds is 15. The summed E-state index contributed by atoms with van der Waals surface area (Å²) >= 11 is 0. The fourth-order valence-corrected chi connectivity index (χ4v) is 4.20. The van der Waals surface area contributed by atoms with Crippen molar-refractivity contribution in [3.8, 4) is 11.5 Å². The average Bonchev–Trinajstić information content (AvgIpc) is 2.68. The Hall–Kier alpha value is -1.44. The Morgan fingerprint density at radius 2 is 1.30 bits per heavy atom. The number of phenols is 2. The normalized spacial score (nSPS) is 14.3. The predicted octanol–water partition coefficient (Wildman–Crippen LogP) is 8.59. The molecule has 30 heavy (non-hydrogen) atoms. The van der Waals surface area contributed by atoms with Gasteiger partial charge in [-0.3, -0.25) is 0 Å². The Morgan fingerprint density at radius 3 is 1.87 bits per heavy atom. The maximum absolute atomic E-state index is 10.2. The number of allylic oxidation sites excluding steroid dienone is 2. The molecule has 0 saturated carbocycles. The first-order valence-corrected chi connectivity index (χ1v) is 12.4. The van der Waals surface area contributed by atoms with Crippen LogP contribution in [0, 0.1) is 17.8 Å². The summed E-state index contributed by atoms with van der Waals surface area (Å²) in [6, 6.07) is 3.41. The molecule has 0 heterocycles. The van der Waals surface area contributed by atoms with Crippen LogP contribution in [0.2, 0.25) is 0 Å². The van der Waals surface area contributed by atoms with Crippen LogP contribution in [-0.2, 0) is 12.8 Å². The molecule has 0 bridgehead atoms. The van der Waals surface area contributed by atoms with E-state index in [1.807, 2.05) is 6.92 Å². The first-order chi connectivity index (χ1) is 14.2. The largest absolute Gasteiger partial charge is 0.508 e. The lowest BCUT2D eigenvalue weighted by Gasteiger charge is -2.15. The molecule has 1 aromatic carbocycles. The van der Waals surface area contributed by atoms with E-state index < -0.39 is 0 Å². The standard InChI is InChI=1S/C28H48O2/c1-7-25-19-28(30)26(20-27(25)29)18-17-24(6)16-10-15-23(5)14-9-13-22(4)12-8-11-21(2)3/h17,19-23,29-30H,7-16,18H2,1-6H3. The Bertz CT molecular complexity index is 630. The van der Waals surface area contributed by atoms with Crippen molar-refractivity contribution in [2.24, 2.45) is 17.8 Å². The first kappa shape index (κ1) is 26.6. The van der Waals surface area contributed by atoms with Gasteiger partial charge in [0.25, 0.3) is 0 Å². The second-order valence-electron chi connectivity index (χ2n) is 10.1. The second-order valence-corrected chi connectivity index (χ2v) is 10.1. The van der Waals surface area contributed by atoms with Crippen LogP contribution in [0.3, 0.4) is 0 Å². The van der Waals surface area contributed by atoms with Crippen LogP contribution in [-0.4, -0.2) is 10.2 Å². The lowest BCUT2D eigenvalue weighted by molar-refractivity contribution is 0.389. The molecule has 1 rings (SSSR count). The summed E-state index contributed by atoms with van der Waals surface area (Å²) in [5.74, 6) is 3.11. The Kier molecular flexibility index (Phi) is 12.9. The zero-order valence-electron chi connectivity index (χ0n) is 20.6. The number of phenolic OH excluding ortho intramolecular Hbond substituents is 2. The van der Waals surface area contributed by atoms with Crippen LogP contribution < -0.4 is 0 Å². The summed E-state index contributed by atoms with van der Waals surface area (Å²) in [4.78, 5) is 0. The quantitative estimate of drug-likeness (QED) is 0.222. The van der Waals surface area contributed by atoms with Gasteiger partial charge in [0.05, 0.1) is 0 Å². The van der Waals surface area contributed by atoms with Gasteiger partial charge >= 0.3 is 0 Å². The van der Waals surface area contributed by atoms with E-state index in [1.54, 1.807) is 12.1 Å². The van der Waals surface area contributed by atoms with Gasteiger partial charge in [0.2, 0.25) is 0 Å².